The van der Waals surface area contributed by atoms with Crippen LogP contribution in [0.4, 0.5) is 0 Å². The molecule has 1 aliphatic rings. The minimum absolute atomic E-state index is 0.363. The van der Waals surface area contributed by atoms with Crippen molar-refractivity contribution in [2.45, 2.75) is 85.4 Å². The normalized spacial score (nSPS) is 26.8. The Morgan fingerprint density at radius 3 is 2.22 bits per heavy atom. The smallest absolute Gasteiger partial charge is 0.0244 e. The molecule has 0 spiro atoms. The maximum absolute atomic E-state index is 3.79. The van der Waals surface area contributed by atoms with E-state index in [1.54, 1.807) is 0 Å². The van der Waals surface area contributed by atoms with Crippen molar-refractivity contribution in [3.8, 4) is 0 Å². The lowest BCUT2D eigenvalue weighted by Gasteiger charge is -2.48. The van der Waals surface area contributed by atoms with Crippen LogP contribution < -0.4 is 5.32 Å². The molecule has 2 unspecified atom stereocenters. The first kappa shape index (κ1) is 16.0. The predicted octanol–water partition coefficient (Wildman–Crippen LogP) is 3.66. The lowest BCUT2D eigenvalue weighted by Crippen LogP contribution is -2.62. The molecule has 1 N–H and O–H groups in total. The second kappa shape index (κ2) is 6.91. The van der Waals surface area contributed by atoms with Crippen molar-refractivity contribution >= 4 is 0 Å². The van der Waals surface area contributed by atoms with Crippen LogP contribution >= 0.6 is 0 Å². The van der Waals surface area contributed by atoms with Crippen molar-refractivity contribution in [2.75, 3.05) is 13.1 Å². The molecule has 2 heteroatoms. The van der Waals surface area contributed by atoms with Gasteiger partial charge in [-0.15, -0.1) is 0 Å². The average Bonchev–Trinajstić information content (AvgIpc) is 2.31. The maximum atomic E-state index is 3.79. The van der Waals surface area contributed by atoms with Gasteiger partial charge in [-0.25, -0.2) is 0 Å². The van der Waals surface area contributed by atoms with Gasteiger partial charge < -0.3 is 5.32 Å². The van der Waals surface area contributed by atoms with Gasteiger partial charge in [-0.1, -0.05) is 48.0 Å². The van der Waals surface area contributed by atoms with Crippen LogP contribution in [0, 0.1) is 5.41 Å². The van der Waals surface area contributed by atoms with E-state index in [0.29, 0.717) is 11.5 Å². The van der Waals surface area contributed by atoms with Gasteiger partial charge in [0.05, 0.1) is 0 Å². The van der Waals surface area contributed by atoms with E-state index in [1.165, 1.54) is 38.8 Å². The number of hydrogen-bond acceptors (Lipinski definition) is 2. The van der Waals surface area contributed by atoms with Gasteiger partial charge in [0.1, 0.15) is 0 Å². The second-order valence-corrected chi connectivity index (χ2v) is 6.94. The quantitative estimate of drug-likeness (QED) is 0.805. The average molecular weight is 254 g/mol. The van der Waals surface area contributed by atoms with Gasteiger partial charge in [-0.05, 0) is 24.7 Å². The summed E-state index contributed by atoms with van der Waals surface area (Å²) >= 11 is 0. The summed E-state index contributed by atoms with van der Waals surface area (Å²) in [5, 5.41) is 3.79. The van der Waals surface area contributed by atoms with Crippen LogP contribution in [0.25, 0.3) is 0 Å². The molecule has 1 fully saturated rings. The van der Waals surface area contributed by atoms with Crippen LogP contribution in [0.3, 0.4) is 0 Å². The Kier molecular flexibility index (Phi) is 6.13. The number of nitrogens with zero attached hydrogens (tertiary/aromatic N) is 1. The third-order valence-electron chi connectivity index (χ3n) is 4.54. The summed E-state index contributed by atoms with van der Waals surface area (Å²) in [4.78, 5) is 2.80. The zero-order chi connectivity index (χ0) is 13.8. The van der Waals surface area contributed by atoms with Crippen molar-refractivity contribution in [1.82, 2.24) is 10.2 Å². The lowest BCUT2D eigenvalue weighted by atomic mass is 9.83. The molecule has 1 saturated heterocycles. The van der Waals surface area contributed by atoms with Crippen LogP contribution in [-0.4, -0.2) is 36.1 Å². The minimum atomic E-state index is 0.363. The Morgan fingerprint density at radius 1 is 1.17 bits per heavy atom. The van der Waals surface area contributed by atoms with Gasteiger partial charge >= 0.3 is 0 Å². The van der Waals surface area contributed by atoms with Gasteiger partial charge in [0.2, 0.25) is 0 Å². The molecule has 0 saturated carbocycles. The first-order valence-corrected chi connectivity index (χ1v) is 7.93. The molecular weight excluding hydrogens is 220 g/mol. The van der Waals surface area contributed by atoms with Gasteiger partial charge in [-0.2, -0.15) is 0 Å². The zero-order valence-corrected chi connectivity index (χ0v) is 13.4. The SMILES string of the molecule is CCCC1CNC(C(C)(C)C)CN1C(CC)CC. The van der Waals surface area contributed by atoms with Gasteiger partial charge in [-0.3, -0.25) is 4.90 Å². The topological polar surface area (TPSA) is 15.3 Å². The number of piperazine rings is 1. The number of nitrogens with one attached hydrogen (secondary N) is 1. The molecule has 1 aliphatic heterocycles. The van der Waals surface area contributed by atoms with Crippen LogP contribution in [0.2, 0.25) is 0 Å². The fraction of sp³-hybridized carbons (Fsp3) is 1.00. The molecule has 0 bridgehead atoms. The molecule has 0 radical (unpaired) electrons. The Bertz CT molecular complexity index is 228. The van der Waals surface area contributed by atoms with E-state index < -0.39 is 0 Å². The highest BCUT2D eigenvalue weighted by Gasteiger charge is 2.35. The van der Waals surface area contributed by atoms with Gasteiger partial charge in [0.25, 0.3) is 0 Å². The van der Waals surface area contributed by atoms with E-state index >= 15 is 0 Å². The molecular formula is C16H34N2. The number of rotatable bonds is 5. The Balaban J connectivity index is 2.75. The molecule has 18 heavy (non-hydrogen) atoms. The Morgan fingerprint density at radius 2 is 1.78 bits per heavy atom. The lowest BCUT2D eigenvalue weighted by molar-refractivity contribution is 0.0420. The molecule has 0 aromatic rings. The summed E-state index contributed by atoms with van der Waals surface area (Å²) in [5.74, 6) is 0. The highest BCUT2D eigenvalue weighted by molar-refractivity contribution is 4.93. The van der Waals surface area contributed by atoms with Crippen molar-refractivity contribution < 1.29 is 0 Å². The summed E-state index contributed by atoms with van der Waals surface area (Å²) in [6, 6.07) is 2.15. The molecule has 0 amide bonds. The van der Waals surface area contributed by atoms with E-state index in [0.717, 1.165) is 12.1 Å². The summed E-state index contributed by atoms with van der Waals surface area (Å²) < 4.78 is 0. The Hall–Kier alpha value is -0.0800. The highest BCUT2D eigenvalue weighted by atomic mass is 15.3. The first-order chi connectivity index (χ1) is 8.43. The van der Waals surface area contributed by atoms with E-state index in [9.17, 15) is 0 Å². The molecule has 108 valence electrons. The largest absolute Gasteiger partial charge is 0.311 e. The summed E-state index contributed by atoms with van der Waals surface area (Å²) in [6.07, 6.45) is 5.20. The zero-order valence-electron chi connectivity index (χ0n) is 13.4. The van der Waals surface area contributed by atoms with E-state index in [-0.39, 0.29) is 0 Å². The van der Waals surface area contributed by atoms with Crippen molar-refractivity contribution in [2.24, 2.45) is 5.41 Å². The summed E-state index contributed by atoms with van der Waals surface area (Å²) in [7, 11) is 0. The molecule has 0 aromatic heterocycles. The van der Waals surface area contributed by atoms with Gasteiger partial charge in [0.15, 0.2) is 0 Å². The Labute approximate surface area is 115 Å². The van der Waals surface area contributed by atoms with E-state index in [4.69, 9.17) is 0 Å². The number of hydrogen-bond donors (Lipinski definition) is 1. The summed E-state index contributed by atoms with van der Waals surface area (Å²) in [5.41, 5.74) is 0.363. The highest BCUT2D eigenvalue weighted by Crippen LogP contribution is 2.27. The molecule has 0 aliphatic carbocycles. The molecule has 2 atom stereocenters. The van der Waals surface area contributed by atoms with Crippen molar-refractivity contribution in [1.29, 1.82) is 0 Å². The summed E-state index contributed by atoms with van der Waals surface area (Å²) in [6.45, 7) is 16.5. The molecule has 2 nitrogen and oxygen atoms in total. The standard InChI is InChI=1S/C16H34N2/c1-7-10-14-11-17-15(16(4,5)6)12-18(14)13(8-2)9-3/h13-15,17H,7-12H2,1-6H3. The maximum Gasteiger partial charge on any atom is 0.0244 e. The van der Waals surface area contributed by atoms with Crippen LogP contribution in [0.15, 0.2) is 0 Å². The third-order valence-corrected chi connectivity index (χ3v) is 4.54. The van der Waals surface area contributed by atoms with E-state index in [1.807, 2.05) is 0 Å². The fourth-order valence-corrected chi connectivity index (χ4v) is 3.21. The van der Waals surface area contributed by atoms with Crippen LogP contribution in [-0.2, 0) is 0 Å². The minimum Gasteiger partial charge on any atom is -0.311 e. The van der Waals surface area contributed by atoms with Gasteiger partial charge in [0, 0.05) is 31.2 Å². The molecule has 1 rings (SSSR count). The first-order valence-electron chi connectivity index (χ1n) is 7.93. The molecule has 0 aromatic carbocycles. The van der Waals surface area contributed by atoms with E-state index in [2.05, 4.69) is 51.8 Å². The molecule has 1 heterocycles. The van der Waals surface area contributed by atoms with Crippen LogP contribution in [0.1, 0.15) is 67.2 Å². The van der Waals surface area contributed by atoms with Crippen molar-refractivity contribution in [3.05, 3.63) is 0 Å². The van der Waals surface area contributed by atoms with Crippen molar-refractivity contribution in [3.63, 3.8) is 0 Å². The predicted molar refractivity (Wildman–Crippen MR) is 81.0 cm³/mol. The third kappa shape index (κ3) is 3.96. The fourth-order valence-electron chi connectivity index (χ4n) is 3.21. The monoisotopic (exact) mass is 254 g/mol. The van der Waals surface area contributed by atoms with Crippen LogP contribution in [0.5, 0.6) is 0 Å². The second-order valence-electron chi connectivity index (χ2n) is 6.94.